The van der Waals surface area contributed by atoms with E-state index in [1.807, 2.05) is 23.4 Å². The number of hydrogen-bond acceptors (Lipinski definition) is 6. The molecule has 0 aliphatic carbocycles. The van der Waals surface area contributed by atoms with Gasteiger partial charge in [-0.1, -0.05) is 6.92 Å². The maximum atomic E-state index is 12.8. The molecule has 2 fully saturated rings. The molecule has 8 heteroatoms. The highest BCUT2D eigenvalue weighted by atomic mass is 16.5. The number of likely N-dealkylation sites (N-methyl/N-ethyl adjacent to an activating group) is 1. The van der Waals surface area contributed by atoms with Crippen LogP contribution in [0.1, 0.15) is 25.8 Å². The molecule has 2 atom stereocenters. The maximum Gasteiger partial charge on any atom is 0.239 e. The van der Waals surface area contributed by atoms with E-state index in [1.54, 1.807) is 6.33 Å². The second-order valence-electron chi connectivity index (χ2n) is 6.59. The fraction of sp³-hybridized carbons (Fsp3) is 0.812. The molecular weight excluding hydrogens is 308 g/mol. The normalized spacial score (nSPS) is 25.0. The summed E-state index contributed by atoms with van der Waals surface area (Å²) in [6.07, 6.45) is 1.55. The second kappa shape index (κ2) is 7.58. The first-order chi connectivity index (χ1) is 11.6. The van der Waals surface area contributed by atoms with E-state index in [2.05, 4.69) is 26.9 Å². The van der Waals surface area contributed by atoms with Crippen LogP contribution < -0.4 is 0 Å². The van der Waals surface area contributed by atoms with Crippen LogP contribution in [0.2, 0.25) is 0 Å². The number of morpholine rings is 1. The van der Waals surface area contributed by atoms with Crippen LogP contribution in [0.3, 0.4) is 0 Å². The van der Waals surface area contributed by atoms with Gasteiger partial charge in [-0.3, -0.25) is 9.69 Å². The first-order valence-corrected chi connectivity index (χ1v) is 8.80. The fourth-order valence-electron chi connectivity index (χ4n) is 3.47. The van der Waals surface area contributed by atoms with E-state index in [9.17, 15) is 4.79 Å². The molecule has 1 aromatic heterocycles. The van der Waals surface area contributed by atoms with Crippen molar-refractivity contribution in [2.45, 2.75) is 26.0 Å². The molecule has 3 heterocycles. The van der Waals surface area contributed by atoms with Crippen LogP contribution in [0, 0.1) is 0 Å². The van der Waals surface area contributed by atoms with E-state index in [0.29, 0.717) is 13.2 Å². The lowest BCUT2D eigenvalue weighted by atomic mass is 10.1. The van der Waals surface area contributed by atoms with E-state index in [0.717, 1.165) is 45.1 Å². The van der Waals surface area contributed by atoms with Gasteiger partial charge in [-0.15, -0.1) is 10.2 Å². The van der Waals surface area contributed by atoms with Gasteiger partial charge in [-0.05, 0) is 13.5 Å². The third-order valence-corrected chi connectivity index (χ3v) is 5.17. The molecule has 0 unspecified atom stereocenters. The van der Waals surface area contributed by atoms with Crippen molar-refractivity contribution in [3.8, 4) is 0 Å². The zero-order valence-electron chi connectivity index (χ0n) is 14.9. The molecule has 3 rings (SSSR count). The topological polar surface area (TPSA) is 66.7 Å². The minimum Gasteiger partial charge on any atom is -0.368 e. The van der Waals surface area contributed by atoms with Gasteiger partial charge in [0.1, 0.15) is 12.4 Å². The fourth-order valence-corrected chi connectivity index (χ4v) is 3.47. The summed E-state index contributed by atoms with van der Waals surface area (Å²) in [7, 11) is 1.92. The van der Waals surface area contributed by atoms with Gasteiger partial charge in [0.05, 0.1) is 12.6 Å². The van der Waals surface area contributed by atoms with Crippen molar-refractivity contribution in [1.82, 2.24) is 29.5 Å². The molecule has 134 valence electrons. The Morgan fingerprint density at radius 2 is 2.08 bits per heavy atom. The molecule has 2 saturated heterocycles. The molecule has 0 N–H and O–H groups in total. The zero-order chi connectivity index (χ0) is 17.1. The molecule has 0 saturated carbocycles. The van der Waals surface area contributed by atoms with Crippen molar-refractivity contribution < 1.29 is 9.53 Å². The van der Waals surface area contributed by atoms with E-state index in [1.165, 1.54) is 0 Å². The zero-order valence-corrected chi connectivity index (χ0v) is 14.9. The Bertz CT molecular complexity index is 555. The highest BCUT2D eigenvalue weighted by molar-refractivity contribution is 5.81. The molecule has 0 radical (unpaired) electrons. The second-order valence-corrected chi connectivity index (χ2v) is 6.59. The molecule has 0 aromatic carbocycles. The van der Waals surface area contributed by atoms with Gasteiger partial charge in [0.25, 0.3) is 0 Å². The Morgan fingerprint density at radius 3 is 2.71 bits per heavy atom. The van der Waals surface area contributed by atoms with Gasteiger partial charge >= 0.3 is 0 Å². The van der Waals surface area contributed by atoms with Crippen LogP contribution in [-0.2, 0) is 16.6 Å². The Morgan fingerprint density at radius 1 is 1.33 bits per heavy atom. The van der Waals surface area contributed by atoms with Crippen LogP contribution >= 0.6 is 0 Å². The van der Waals surface area contributed by atoms with Crippen LogP contribution in [-0.4, -0.2) is 93.8 Å². The number of aromatic nitrogens is 3. The number of aryl methyl sites for hydroxylation is 1. The standard InChI is InChI=1S/C16H28N6O2/c1-4-20-5-7-21(8-6-20)16(23)13(2)22-9-10-24-14(11-22)15-18-17-12-19(15)3/h12-14H,4-11H2,1-3H3/t13-,14-/m1/s1. The van der Waals surface area contributed by atoms with Crippen LogP contribution in [0.25, 0.3) is 0 Å². The van der Waals surface area contributed by atoms with Gasteiger partial charge in [0, 0.05) is 46.3 Å². The summed E-state index contributed by atoms with van der Waals surface area (Å²) >= 11 is 0. The average Bonchev–Trinajstić information content (AvgIpc) is 3.06. The minimum absolute atomic E-state index is 0.126. The quantitative estimate of drug-likeness (QED) is 0.755. The Kier molecular flexibility index (Phi) is 5.47. The molecule has 2 aliphatic heterocycles. The predicted molar refractivity (Wildman–Crippen MR) is 89.4 cm³/mol. The summed E-state index contributed by atoms with van der Waals surface area (Å²) in [5.74, 6) is 1.04. The van der Waals surface area contributed by atoms with E-state index < -0.39 is 0 Å². The van der Waals surface area contributed by atoms with E-state index in [4.69, 9.17) is 4.74 Å². The molecule has 1 amide bonds. The van der Waals surface area contributed by atoms with Crippen molar-refractivity contribution in [2.24, 2.45) is 7.05 Å². The number of ether oxygens (including phenoxy) is 1. The summed E-state index contributed by atoms with van der Waals surface area (Å²) in [4.78, 5) is 19.4. The van der Waals surface area contributed by atoms with Crippen molar-refractivity contribution in [3.63, 3.8) is 0 Å². The number of carbonyl (C=O) groups excluding carboxylic acids is 1. The number of piperazine rings is 1. The van der Waals surface area contributed by atoms with Gasteiger partial charge in [0.15, 0.2) is 5.82 Å². The largest absolute Gasteiger partial charge is 0.368 e. The molecular formula is C16H28N6O2. The van der Waals surface area contributed by atoms with Gasteiger partial charge < -0.3 is 19.1 Å². The number of nitrogens with zero attached hydrogens (tertiary/aromatic N) is 6. The van der Waals surface area contributed by atoms with Crippen molar-refractivity contribution >= 4 is 5.91 Å². The molecule has 0 bridgehead atoms. The Balaban J connectivity index is 1.59. The SMILES string of the molecule is CCN1CCN(C(=O)[C@@H](C)N2CCO[C@@H](c3nncn3C)C2)CC1. The monoisotopic (exact) mass is 336 g/mol. The molecule has 0 spiro atoms. The summed E-state index contributed by atoms with van der Waals surface area (Å²) < 4.78 is 7.72. The van der Waals surface area contributed by atoms with Gasteiger partial charge in [-0.2, -0.15) is 0 Å². The minimum atomic E-state index is -0.127. The Hall–Kier alpha value is -1.51. The Labute approximate surface area is 143 Å². The lowest BCUT2D eigenvalue weighted by Crippen LogP contribution is -2.56. The third-order valence-electron chi connectivity index (χ3n) is 5.17. The third kappa shape index (κ3) is 3.60. The van der Waals surface area contributed by atoms with E-state index in [-0.39, 0.29) is 18.1 Å². The highest BCUT2D eigenvalue weighted by Crippen LogP contribution is 2.22. The first kappa shape index (κ1) is 17.3. The highest BCUT2D eigenvalue weighted by Gasteiger charge is 2.33. The number of carbonyl (C=O) groups is 1. The average molecular weight is 336 g/mol. The lowest BCUT2D eigenvalue weighted by molar-refractivity contribution is -0.141. The summed E-state index contributed by atoms with van der Waals surface area (Å²) in [5.41, 5.74) is 0. The predicted octanol–water partition coefficient (Wildman–Crippen LogP) is -0.259. The van der Waals surface area contributed by atoms with E-state index >= 15 is 0 Å². The van der Waals surface area contributed by atoms with Gasteiger partial charge in [-0.25, -0.2) is 0 Å². The molecule has 2 aliphatic rings. The lowest BCUT2D eigenvalue weighted by Gasteiger charge is -2.40. The molecule has 1 aromatic rings. The number of rotatable bonds is 4. The van der Waals surface area contributed by atoms with Crippen LogP contribution in [0.4, 0.5) is 0 Å². The van der Waals surface area contributed by atoms with Gasteiger partial charge in [0.2, 0.25) is 5.91 Å². The molecule has 24 heavy (non-hydrogen) atoms. The summed E-state index contributed by atoms with van der Waals surface area (Å²) in [6.45, 7) is 10.9. The van der Waals surface area contributed by atoms with Crippen molar-refractivity contribution in [2.75, 3.05) is 52.4 Å². The molecule has 8 nitrogen and oxygen atoms in total. The van der Waals surface area contributed by atoms with Crippen molar-refractivity contribution in [1.29, 1.82) is 0 Å². The van der Waals surface area contributed by atoms with Crippen LogP contribution in [0.5, 0.6) is 0 Å². The number of amides is 1. The number of hydrogen-bond donors (Lipinski definition) is 0. The van der Waals surface area contributed by atoms with Crippen LogP contribution in [0.15, 0.2) is 6.33 Å². The van der Waals surface area contributed by atoms with Crippen molar-refractivity contribution in [3.05, 3.63) is 12.2 Å². The first-order valence-electron chi connectivity index (χ1n) is 8.80. The maximum absolute atomic E-state index is 12.8. The smallest absolute Gasteiger partial charge is 0.239 e. The summed E-state index contributed by atoms with van der Waals surface area (Å²) in [6, 6.07) is -0.127. The summed E-state index contributed by atoms with van der Waals surface area (Å²) in [5, 5.41) is 8.07.